The van der Waals surface area contributed by atoms with Gasteiger partial charge in [0, 0.05) is 11.1 Å². The third-order valence-corrected chi connectivity index (χ3v) is 4.85. The van der Waals surface area contributed by atoms with Gasteiger partial charge in [-0.1, -0.05) is 104 Å². The second kappa shape index (κ2) is 13.1. The first-order valence-corrected chi connectivity index (χ1v) is 11.4. The lowest BCUT2D eigenvalue weighted by Gasteiger charge is -2.11. The van der Waals surface area contributed by atoms with E-state index in [9.17, 15) is 0 Å². The minimum absolute atomic E-state index is 1.00. The van der Waals surface area contributed by atoms with Gasteiger partial charge < -0.3 is 0 Å². The van der Waals surface area contributed by atoms with Crippen molar-refractivity contribution >= 4 is 0 Å². The number of rotatable bonds is 3. The Kier molecular flexibility index (Phi) is 10.1. The number of allylic oxidation sites excluding steroid dienone is 2. The summed E-state index contributed by atoms with van der Waals surface area (Å²) in [5, 5.41) is 0. The Bertz CT molecular complexity index is 1030. The average molecular weight is 422 g/mol. The van der Waals surface area contributed by atoms with Gasteiger partial charge in [-0.15, -0.1) is 0 Å². The van der Waals surface area contributed by atoms with Crippen LogP contribution in [-0.4, -0.2) is 4.98 Å². The molecule has 0 unspecified atom stereocenters. The van der Waals surface area contributed by atoms with Gasteiger partial charge in [-0.25, -0.2) is 4.98 Å². The fourth-order valence-electron chi connectivity index (χ4n) is 3.36. The van der Waals surface area contributed by atoms with Crippen molar-refractivity contribution in [2.45, 2.75) is 41.5 Å². The first-order valence-electron chi connectivity index (χ1n) is 11.4. The van der Waals surface area contributed by atoms with Crippen molar-refractivity contribution in [1.29, 1.82) is 0 Å². The van der Waals surface area contributed by atoms with Crippen LogP contribution in [-0.2, 0) is 0 Å². The molecule has 0 aliphatic rings. The molecule has 0 aliphatic carbocycles. The fraction of sp³-hybridized carbons (Fsp3) is 0.194. The normalized spacial score (nSPS) is 10.1. The Hall–Kier alpha value is -3.45. The molecule has 0 saturated carbocycles. The largest absolute Gasteiger partial charge is 0.248 e. The molecular weight excluding hydrogens is 386 g/mol. The molecule has 164 valence electrons. The van der Waals surface area contributed by atoms with Gasteiger partial charge in [0.05, 0.1) is 11.4 Å². The third kappa shape index (κ3) is 7.06. The topological polar surface area (TPSA) is 12.9 Å². The molecule has 0 saturated heterocycles. The Labute approximate surface area is 194 Å². The summed E-state index contributed by atoms with van der Waals surface area (Å²) in [6.07, 6.45) is 4.00. The van der Waals surface area contributed by atoms with Crippen molar-refractivity contribution in [2.24, 2.45) is 0 Å². The number of hydrogen-bond acceptors (Lipinski definition) is 1. The SMILES string of the molecule is C/C=C\C.CC.Cc1cc(C)cc(-c2cc(-c3ccccc3)cc(-c3ccccc3)n2)c1. The number of aryl methyl sites for hydroxylation is 2. The monoisotopic (exact) mass is 421 g/mol. The smallest absolute Gasteiger partial charge is 0.0715 e. The maximum absolute atomic E-state index is 4.98. The second-order valence-electron chi connectivity index (χ2n) is 7.40. The van der Waals surface area contributed by atoms with Gasteiger partial charge in [0.1, 0.15) is 0 Å². The van der Waals surface area contributed by atoms with E-state index in [1.807, 2.05) is 52.0 Å². The van der Waals surface area contributed by atoms with Crippen LogP contribution in [0.5, 0.6) is 0 Å². The van der Waals surface area contributed by atoms with Gasteiger partial charge in [-0.3, -0.25) is 0 Å². The number of pyridine rings is 1. The summed E-state index contributed by atoms with van der Waals surface area (Å²) in [7, 11) is 0. The highest BCUT2D eigenvalue weighted by Gasteiger charge is 2.09. The summed E-state index contributed by atoms with van der Waals surface area (Å²) in [5.41, 5.74) is 9.22. The minimum Gasteiger partial charge on any atom is -0.248 e. The van der Waals surface area contributed by atoms with Crippen molar-refractivity contribution in [3.05, 3.63) is 114 Å². The van der Waals surface area contributed by atoms with Crippen molar-refractivity contribution in [3.8, 4) is 33.6 Å². The molecule has 0 atom stereocenters. The predicted molar refractivity (Wildman–Crippen MR) is 142 cm³/mol. The number of nitrogens with zero attached hydrogens (tertiary/aromatic N) is 1. The molecule has 0 bridgehead atoms. The first-order chi connectivity index (χ1) is 15.6. The Morgan fingerprint density at radius 1 is 0.500 bits per heavy atom. The summed E-state index contributed by atoms with van der Waals surface area (Å²) in [6, 6.07) is 31.9. The number of benzene rings is 3. The van der Waals surface area contributed by atoms with E-state index in [1.165, 1.54) is 22.3 Å². The molecule has 0 fully saturated rings. The van der Waals surface area contributed by atoms with E-state index in [2.05, 4.69) is 92.7 Å². The quantitative estimate of drug-likeness (QED) is 0.300. The number of aromatic nitrogens is 1. The van der Waals surface area contributed by atoms with Crippen LogP contribution in [0.4, 0.5) is 0 Å². The van der Waals surface area contributed by atoms with Crippen LogP contribution in [0.2, 0.25) is 0 Å². The molecular formula is C31H35N. The molecule has 0 amide bonds. The van der Waals surface area contributed by atoms with Crippen LogP contribution >= 0.6 is 0 Å². The zero-order chi connectivity index (χ0) is 23.3. The van der Waals surface area contributed by atoms with Crippen molar-refractivity contribution in [2.75, 3.05) is 0 Å². The van der Waals surface area contributed by atoms with E-state index in [1.54, 1.807) is 0 Å². The van der Waals surface area contributed by atoms with Crippen LogP contribution < -0.4 is 0 Å². The highest BCUT2D eigenvalue weighted by Crippen LogP contribution is 2.30. The number of hydrogen-bond donors (Lipinski definition) is 0. The van der Waals surface area contributed by atoms with E-state index in [0.29, 0.717) is 0 Å². The molecule has 0 aliphatic heterocycles. The van der Waals surface area contributed by atoms with Gasteiger partial charge in [-0.05, 0) is 63.1 Å². The molecule has 4 rings (SSSR count). The molecule has 1 heteroatoms. The van der Waals surface area contributed by atoms with E-state index in [0.717, 1.165) is 22.5 Å². The summed E-state index contributed by atoms with van der Waals surface area (Å²) < 4.78 is 0. The average Bonchev–Trinajstić information content (AvgIpc) is 2.85. The molecule has 3 aromatic carbocycles. The zero-order valence-corrected chi connectivity index (χ0v) is 20.3. The van der Waals surface area contributed by atoms with Gasteiger partial charge in [0.15, 0.2) is 0 Å². The highest BCUT2D eigenvalue weighted by atomic mass is 14.7. The molecule has 1 aromatic heterocycles. The lowest BCUT2D eigenvalue weighted by molar-refractivity contribution is 1.30. The summed E-state index contributed by atoms with van der Waals surface area (Å²) >= 11 is 0. The maximum atomic E-state index is 4.98. The zero-order valence-electron chi connectivity index (χ0n) is 20.3. The Morgan fingerprint density at radius 3 is 1.41 bits per heavy atom. The molecule has 1 heterocycles. The third-order valence-electron chi connectivity index (χ3n) is 4.85. The van der Waals surface area contributed by atoms with E-state index in [4.69, 9.17) is 4.98 Å². The van der Waals surface area contributed by atoms with Crippen LogP contribution in [0, 0.1) is 13.8 Å². The predicted octanol–water partition coefficient (Wildman–Crippen LogP) is 9.31. The van der Waals surface area contributed by atoms with E-state index in [-0.39, 0.29) is 0 Å². The van der Waals surface area contributed by atoms with Gasteiger partial charge in [0.25, 0.3) is 0 Å². The van der Waals surface area contributed by atoms with Gasteiger partial charge in [0.2, 0.25) is 0 Å². The minimum atomic E-state index is 1.00. The Morgan fingerprint density at radius 2 is 0.938 bits per heavy atom. The molecule has 0 N–H and O–H groups in total. The molecule has 4 aromatic rings. The van der Waals surface area contributed by atoms with Crippen LogP contribution in [0.3, 0.4) is 0 Å². The van der Waals surface area contributed by atoms with Gasteiger partial charge in [-0.2, -0.15) is 0 Å². The summed E-state index contributed by atoms with van der Waals surface area (Å²) in [5.74, 6) is 0. The molecule has 0 spiro atoms. The van der Waals surface area contributed by atoms with Crippen LogP contribution in [0.15, 0.2) is 103 Å². The van der Waals surface area contributed by atoms with Crippen LogP contribution in [0.25, 0.3) is 33.6 Å². The molecule has 1 nitrogen and oxygen atoms in total. The van der Waals surface area contributed by atoms with Crippen LogP contribution in [0.1, 0.15) is 38.8 Å². The van der Waals surface area contributed by atoms with E-state index >= 15 is 0 Å². The van der Waals surface area contributed by atoms with E-state index < -0.39 is 0 Å². The lowest BCUT2D eigenvalue weighted by atomic mass is 9.98. The standard InChI is InChI=1S/C25H21N.C4H8.C2H6/c1-18-13-19(2)15-23(14-18)25-17-22(20-9-5-3-6-10-20)16-24(26-25)21-11-7-4-8-12-21;1-3-4-2;1-2/h3-17H,1-2H3;3-4H,1-2H3;1-2H3/b;4-3-;. The Balaban J connectivity index is 0.000000547. The lowest BCUT2D eigenvalue weighted by Crippen LogP contribution is -1.92. The van der Waals surface area contributed by atoms with Crippen molar-refractivity contribution < 1.29 is 0 Å². The summed E-state index contributed by atoms with van der Waals surface area (Å²) in [4.78, 5) is 4.98. The second-order valence-corrected chi connectivity index (χ2v) is 7.40. The molecule has 32 heavy (non-hydrogen) atoms. The summed E-state index contributed by atoms with van der Waals surface area (Å²) in [6.45, 7) is 12.3. The van der Waals surface area contributed by atoms with Gasteiger partial charge >= 0.3 is 0 Å². The highest BCUT2D eigenvalue weighted by molar-refractivity contribution is 5.76. The fourth-order valence-corrected chi connectivity index (χ4v) is 3.36. The maximum Gasteiger partial charge on any atom is 0.0715 e. The molecule has 0 radical (unpaired) electrons. The van der Waals surface area contributed by atoms with Crippen molar-refractivity contribution in [3.63, 3.8) is 0 Å². The van der Waals surface area contributed by atoms with Crippen molar-refractivity contribution in [1.82, 2.24) is 4.98 Å². The first kappa shape index (κ1) is 24.8.